The number of nitrogens with zero attached hydrogens (tertiary/aromatic N) is 1. The standard InChI is InChI=1S/C12H17NO4/c1-5-8-6-7-9(17-8)10(14)13(4)12(2,3)11(15)16/h6-7H,5H2,1-4H3,(H,15,16). The van der Waals surface area contributed by atoms with Crippen molar-refractivity contribution in [2.45, 2.75) is 32.7 Å². The second kappa shape index (κ2) is 4.61. The molecule has 1 aromatic heterocycles. The normalized spacial score (nSPS) is 11.3. The Balaban J connectivity index is 2.94. The molecule has 0 aromatic carbocycles. The summed E-state index contributed by atoms with van der Waals surface area (Å²) >= 11 is 0. The van der Waals surface area contributed by atoms with Crippen LogP contribution in [0, 0.1) is 0 Å². The monoisotopic (exact) mass is 239 g/mol. The number of carbonyl (C=O) groups excluding carboxylic acids is 1. The van der Waals surface area contributed by atoms with Crippen LogP contribution in [0.1, 0.15) is 37.1 Å². The smallest absolute Gasteiger partial charge is 0.329 e. The molecule has 1 N–H and O–H groups in total. The first kappa shape index (κ1) is 13.3. The number of aliphatic carboxylic acids is 1. The molecule has 0 spiro atoms. The first-order valence-corrected chi connectivity index (χ1v) is 5.41. The molecule has 0 unspecified atom stereocenters. The van der Waals surface area contributed by atoms with Crippen LogP contribution in [-0.4, -0.2) is 34.5 Å². The molecular formula is C12H17NO4. The highest BCUT2D eigenvalue weighted by molar-refractivity contribution is 5.95. The fourth-order valence-corrected chi connectivity index (χ4v) is 1.25. The number of carbonyl (C=O) groups is 2. The van der Waals surface area contributed by atoms with Gasteiger partial charge in [0.05, 0.1) is 0 Å². The molecule has 0 aliphatic heterocycles. The largest absolute Gasteiger partial charge is 0.480 e. The summed E-state index contributed by atoms with van der Waals surface area (Å²) in [6.07, 6.45) is 0.694. The van der Waals surface area contributed by atoms with Crippen molar-refractivity contribution >= 4 is 11.9 Å². The first-order chi connectivity index (χ1) is 7.80. The van der Waals surface area contributed by atoms with Crippen molar-refractivity contribution in [3.8, 4) is 0 Å². The molecular weight excluding hydrogens is 222 g/mol. The summed E-state index contributed by atoms with van der Waals surface area (Å²) in [7, 11) is 1.45. The van der Waals surface area contributed by atoms with E-state index in [-0.39, 0.29) is 5.76 Å². The van der Waals surface area contributed by atoms with E-state index in [0.717, 1.165) is 4.90 Å². The number of carboxylic acid groups (broad SMARTS) is 1. The molecule has 1 heterocycles. The minimum atomic E-state index is -1.27. The molecule has 17 heavy (non-hydrogen) atoms. The second-order valence-corrected chi connectivity index (χ2v) is 4.35. The first-order valence-electron chi connectivity index (χ1n) is 5.41. The van der Waals surface area contributed by atoms with Gasteiger partial charge >= 0.3 is 5.97 Å². The van der Waals surface area contributed by atoms with Gasteiger partial charge in [-0.1, -0.05) is 6.92 Å². The molecule has 1 amide bonds. The summed E-state index contributed by atoms with van der Waals surface area (Å²) in [6.45, 7) is 4.85. The van der Waals surface area contributed by atoms with Crippen molar-refractivity contribution < 1.29 is 19.1 Å². The third-order valence-corrected chi connectivity index (χ3v) is 2.89. The van der Waals surface area contributed by atoms with E-state index in [1.807, 2.05) is 6.92 Å². The number of hydrogen-bond acceptors (Lipinski definition) is 3. The average molecular weight is 239 g/mol. The third-order valence-electron chi connectivity index (χ3n) is 2.89. The zero-order chi connectivity index (χ0) is 13.2. The zero-order valence-electron chi connectivity index (χ0n) is 10.5. The van der Waals surface area contributed by atoms with E-state index in [4.69, 9.17) is 9.52 Å². The van der Waals surface area contributed by atoms with E-state index in [9.17, 15) is 9.59 Å². The van der Waals surface area contributed by atoms with Gasteiger partial charge in [0.15, 0.2) is 5.76 Å². The Kier molecular flexibility index (Phi) is 3.60. The Hall–Kier alpha value is -1.78. The van der Waals surface area contributed by atoms with Crippen molar-refractivity contribution in [2.75, 3.05) is 7.05 Å². The summed E-state index contributed by atoms with van der Waals surface area (Å²) < 4.78 is 5.31. The van der Waals surface area contributed by atoms with E-state index >= 15 is 0 Å². The van der Waals surface area contributed by atoms with Crippen molar-refractivity contribution in [1.82, 2.24) is 4.90 Å². The summed E-state index contributed by atoms with van der Waals surface area (Å²) in [6, 6.07) is 3.28. The van der Waals surface area contributed by atoms with Gasteiger partial charge in [-0.15, -0.1) is 0 Å². The summed E-state index contributed by atoms with van der Waals surface area (Å²) in [5.74, 6) is -0.624. The molecule has 1 rings (SSSR count). The van der Waals surface area contributed by atoms with Gasteiger partial charge in [0.25, 0.3) is 5.91 Å². The fraction of sp³-hybridized carbons (Fsp3) is 0.500. The van der Waals surface area contributed by atoms with E-state index < -0.39 is 17.4 Å². The van der Waals surface area contributed by atoms with Crippen LogP contribution in [-0.2, 0) is 11.2 Å². The second-order valence-electron chi connectivity index (χ2n) is 4.35. The molecule has 0 saturated carbocycles. The molecule has 1 aromatic rings. The van der Waals surface area contributed by atoms with Gasteiger partial charge in [0.2, 0.25) is 0 Å². The number of carboxylic acids is 1. The van der Waals surface area contributed by atoms with Gasteiger partial charge < -0.3 is 14.4 Å². The van der Waals surface area contributed by atoms with Crippen LogP contribution in [0.5, 0.6) is 0 Å². The molecule has 0 saturated heterocycles. The number of amides is 1. The van der Waals surface area contributed by atoms with Gasteiger partial charge in [-0.05, 0) is 26.0 Å². The topological polar surface area (TPSA) is 70.8 Å². The molecule has 0 atom stereocenters. The van der Waals surface area contributed by atoms with E-state index in [0.29, 0.717) is 12.2 Å². The fourth-order valence-electron chi connectivity index (χ4n) is 1.25. The van der Waals surface area contributed by atoms with Crippen LogP contribution in [0.25, 0.3) is 0 Å². The lowest BCUT2D eigenvalue weighted by Crippen LogP contribution is -2.50. The van der Waals surface area contributed by atoms with Crippen LogP contribution in [0.15, 0.2) is 16.5 Å². The Morgan fingerprint density at radius 2 is 2.00 bits per heavy atom. The highest BCUT2D eigenvalue weighted by atomic mass is 16.4. The third kappa shape index (κ3) is 2.49. The van der Waals surface area contributed by atoms with Crippen LogP contribution in [0.2, 0.25) is 0 Å². The minimum Gasteiger partial charge on any atom is -0.480 e. The van der Waals surface area contributed by atoms with Gasteiger partial charge in [-0.3, -0.25) is 4.79 Å². The maximum Gasteiger partial charge on any atom is 0.329 e. The van der Waals surface area contributed by atoms with Gasteiger partial charge in [0, 0.05) is 13.5 Å². The zero-order valence-corrected chi connectivity index (χ0v) is 10.5. The molecule has 5 nitrogen and oxygen atoms in total. The lowest BCUT2D eigenvalue weighted by Gasteiger charge is -2.30. The molecule has 0 fully saturated rings. The number of furan rings is 1. The maximum absolute atomic E-state index is 12.0. The van der Waals surface area contributed by atoms with Crippen molar-refractivity contribution in [1.29, 1.82) is 0 Å². The van der Waals surface area contributed by atoms with E-state index in [1.165, 1.54) is 20.9 Å². The number of rotatable bonds is 4. The quantitative estimate of drug-likeness (QED) is 0.869. The van der Waals surface area contributed by atoms with Gasteiger partial charge in [-0.25, -0.2) is 4.79 Å². The highest BCUT2D eigenvalue weighted by Gasteiger charge is 2.36. The van der Waals surface area contributed by atoms with Crippen molar-refractivity contribution in [3.63, 3.8) is 0 Å². The Morgan fingerprint density at radius 1 is 1.41 bits per heavy atom. The molecule has 0 radical (unpaired) electrons. The number of likely N-dealkylation sites (N-methyl/N-ethyl adjacent to an activating group) is 1. The van der Waals surface area contributed by atoms with Crippen molar-refractivity contribution in [2.24, 2.45) is 0 Å². The van der Waals surface area contributed by atoms with Crippen LogP contribution in [0.3, 0.4) is 0 Å². The maximum atomic E-state index is 12.0. The predicted molar refractivity (Wildman–Crippen MR) is 61.9 cm³/mol. The van der Waals surface area contributed by atoms with Crippen LogP contribution >= 0.6 is 0 Å². The summed E-state index contributed by atoms with van der Waals surface area (Å²) in [5, 5.41) is 9.03. The number of hydrogen-bond donors (Lipinski definition) is 1. The van der Waals surface area contributed by atoms with Gasteiger partial charge in [-0.2, -0.15) is 0 Å². The summed E-state index contributed by atoms with van der Waals surface area (Å²) in [5.41, 5.74) is -1.27. The SMILES string of the molecule is CCc1ccc(C(=O)N(C)C(C)(C)C(=O)O)o1. The Bertz CT molecular complexity index is 433. The predicted octanol–water partition coefficient (Wildman–Crippen LogP) is 1.78. The van der Waals surface area contributed by atoms with Crippen LogP contribution in [0.4, 0.5) is 0 Å². The van der Waals surface area contributed by atoms with Crippen molar-refractivity contribution in [3.05, 3.63) is 23.7 Å². The molecule has 0 aliphatic rings. The highest BCUT2D eigenvalue weighted by Crippen LogP contribution is 2.18. The minimum absolute atomic E-state index is 0.165. The molecule has 0 aliphatic carbocycles. The molecule has 94 valence electrons. The Morgan fingerprint density at radius 3 is 2.41 bits per heavy atom. The average Bonchev–Trinajstić information content (AvgIpc) is 2.75. The Labute approximate surface area is 100 Å². The number of aryl methyl sites for hydroxylation is 1. The van der Waals surface area contributed by atoms with Crippen LogP contribution < -0.4 is 0 Å². The lowest BCUT2D eigenvalue weighted by atomic mass is 10.0. The van der Waals surface area contributed by atoms with E-state index in [1.54, 1.807) is 12.1 Å². The summed E-state index contributed by atoms with van der Waals surface area (Å²) in [4.78, 5) is 24.2. The lowest BCUT2D eigenvalue weighted by molar-refractivity contribution is -0.147. The van der Waals surface area contributed by atoms with E-state index in [2.05, 4.69) is 0 Å². The van der Waals surface area contributed by atoms with Gasteiger partial charge in [0.1, 0.15) is 11.3 Å². The molecule has 0 bridgehead atoms. The molecule has 5 heteroatoms.